The van der Waals surface area contributed by atoms with E-state index >= 15 is 0 Å². The van der Waals surface area contributed by atoms with Crippen LogP contribution in [0, 0.1) is 12.7 Å². The third-order valence-electron chi connectivity index (χ3n) is 4.40. The number of rotatable bonds is 3. The Balaban J connectivity index is 1.57. The summed E-state index contributed by atoms with van der Waals surface area (Å²) in [6, 6.07) is 15.9. The van der Waals surface area contributed by atoms with Crippen LogP contribution in [-0.4, -0.2) is 21.1 Å². The van der Waals surface area contributed by atoms with E-state index < -0.39 is 11.7 Å². The number of oxazole rings is 1. The molecule has 0 aliphatic heterocycles. The highest BCUT2D eigenvalue weighted by Crippen LogP contribution is 2.36. The van der Waals surface area contributed by atoms with E-state index in [0.717, 1.165) is 6.07 Å². The van der Waals surface area contributed by atoms with Gasteiger partial charge < -0.3 is 14.8 Å². The van der Waals surface area contributed by atoms with Crippen LogP contribution in [0.2, 0.25) is 0 Å². The number of carbonyl (C=O) groups excluding carboxylic acids is 1. The summed E-state index contributed by atoms with van der Waals surface area (Å²) in [7, 11) is 0. The number of nitrogens with zero attached hydrogens (tertiary/aromatic N) is 1. The van der Waals surface area contributed by atoms with Gasteiger partial charge in [-0.05, 0) is 67.2 Å². The van der Waals surface area contributed by atoms with Crippen molar-refractivity contribution >= 4 is 40.0 Å². The van der Waals surface area contributed by atoms with Crippen LogP contribution in [0.1, 0.15) is 15.9 Å². The van der Waals surface area contributed by atoms with Crippen LogP contribution in [-0.2, 0) is 0 Å². The summed E-state index contributed by atoms with van der Waals surface area (Å²) in [4.78, 5) is 16.6. The van der Waals surface area contributed by atoms with Gasteiger partial charge in [-0.2, -0.15) is 0 Å². The zero-order valence-electron chi connectivity index (χ0n) is 15.8. The summed E-state index contributed by atoms with van der Waals surface area (Å²) >= 11 is 5.20. The second-order valence-corrected chi connectivity index (χ2v) is 7.00. The van der Waals surface area contributed by atoms with Crippen molar-refractivity contribution in [1.82, 2.24) is 10.3 Å². The lowest BCUT2D eigenvalue weighted by Crippen LogP contribution is -2.34. The molecule has 6 nitrogen and oxygen atoms in total. The van der Waals surface area contributed by atoms with Gasteiger partial charge in [0.25, 0.3) is 5.91 Å². The van der Waals surface area contributed by atoms with E-state index in [2.05, 4.69) is 15.6 Å². The Hall–Kier alpha value is -3.78. The third-order valence-corrected chi connectivity index (χ3v) is 4.60. The fourth-order valence-corrected chi connectivity index (χ4v) is 3.18. The van der Waals surface area contributed by atoms with Crippen molar-refractivity contribution in [3.05, 3.63) is 77.6 Å². The van der Waals surface area contributed by atoms with E-state index in [9.17, 15) is 14.3 Å². The minimum absolute atomic E-state index is 0.0258. The average molecular weight is 421 g/mol. The number of hydrogen-bond donors (Lipinski definition) is 3. The quantitative estimate of drug-likeness (QED) is 0.326. The van der Waals surface area contributed by atoms with Crippen LogP contribution < -0.4 is 10.6 Å². The van der Waals surface area contributed by atoms with Crippen molar-refractivity contribution in [2.45, 2.75) is 6.92 Å². The van der Waals surface area contributed by atoms with E-state index in [1.807, 2.05) is 18.2 Å². The highest BCUT2D eigenvalue weighted by atomic mass is 32.1. The number of carbonyl (C=O) groups is 1. The molecule has 150 valence electrons. The van der Waals surface area contributed by atoms with Gasteiger partial charge in [-0.3, -0.25) is 10.1 Å². The highest BCUT2D eigenvalue weighted by molar-refractivity contribution is 7.80. The van der Waals surface area contributed by atoms with Gasteiger partial charge in [-0.1, -0.05) is 18.2 Å². The molecule has 0 radical (unpaired) electrons. The number of thiocarbonyl (C=S) groups is 1. The summed E-state index contributed by atoms with van der Waals surface area (Å²) in [5, 5.41) is 15.9. The summed E-state index contributed by atoms with van der Waals surface area (Å²) in [6.45, 7) is 1.72. The molecule has 4 rings (SSSR count). The summed E-state index contributed by atoms with van der Waals surface area (Å²) in [5.74, 6) is -0.766. The molecular weight excluding hydrogens is 405 g/mol. The second-order valence-electron chi connectivity index (χ2n) is 6.59. The Morgan fingerprint density at radius 3 is 2.70 bits per heavy atom. The Bertz CT molecular complexity index is 1250. The molecule has 8 heteroatoms. The number of phenolic OH excluding ortho intramolecular Hbond substituents is 1. The number of halogens is 1. The van der Waals surface area contributed by atoms with Gasteiger partial charge in [0.1, 0.15) is 17.1 Å². The third kappa shape index (κ3) is 3.99. The number of nitrogens with one attached hydrogen (secondary N) is 2. The summed E-state index contributed by atoms with van der Waals surface area (Å²) in [6.07, 6.45) is 0. The zero-order valence-corrected chi connectivity index (χ0v) is 16.6. The first kappa shape index (κ1) is 19.5. The fraction of sp³-hybridized carbons (Fsp3) is 0.0455. The van der Waals surface area contributed by atoms with Crippen LogP contribution in [0.5, 0.6) is 5.75 Å². The maximum absolute atomic E-state index is 13.3. The predicted molar refractivity (Wildman–Crippen MR) is 116 cm³/mol. The van der Waals surface area contributed by atoms with Gasteiger partial charge in [-0.15, -0.1) is 0 Å². The lowest BCUT2D eigenvalue weighted by molar-refractivity contribution is 0.0977. The monoisotopic (exact) mass is 421 g/mol. The molecule has 1 heterocycles. The van der Waals surface area contributed by atoms with Gasteiger partial charge >= 0.3 is 0 Å². The standard InChI is InChI=1S/C22H16FN3O3S/c1-12-9-15(24-22(30)26-20(28)13-5-4-6-14(23)10-13)11-16(19(12)27)21-25-17-7-2-3-8-18(17)29-21/h2-11,27H,1H3,(H2,24,26,28,30). The number of fused-ring (bicyclic) bond motifs is 1. The van der Waals surface area contributed by atoms with E-state index in [1.165, 1.54) is 18.2 Å². The number of benzene rings is 3. The Kier molecular flexibility index (Phi) is 5.16. The molecule has 0 fully saturated rings. The normalized spacial score (nSPS) is 10.7. The van der Waals surface area contributed by atoms with Gasteiger partial charge in [-0.25, -0.2) is 9.37 Å². The molecule has 0 unspecified atom stereocenters. The molecule has 0 aliphatic carbocycles. The summed E-state index contributed by atoms with van der Waals surface area (Å²) in [5.41, 5.74) is 2.88. The number of amides is 1. The zero-order chi connectivity index (χ0) is 21.3. The maximum Gasteiger partial charge on any atom is 0.257 e. The molecule has 0 saturated carbocycles. The minimum atomic E-state index is -0.540. The first-order valence-corrected chi connectivity index (χ1v) is 9.39. The smallest absolute Gasteiger partial charge is 0.257 e. The van der Waals surface area contributed by atoms with E-state index in [4.69, 9.17) is 16.6 Å². The molecule has 0 saturated heterocycles. The highest BCUT2D eigenvalue weighted by Gasteiger charge is 2.16. The molecule has 1 aromatic heterocycles. The molecule has 0 atom stereocenters. The first-order valence-electron chi connectivity index (χ1n) is 8.98. The number of phenols is 1. The molecule has 0 spiro atoms. The molecule has 3 N–H and O–H groups in total. The van der Waals surface area contributed by atoms with E-state index in [0.29, 0.717) is 27.9 Å². The number of anilines is 1. The van der Waals surface area contributed by atoms with Crippen LogP contribution in [0.3, 0.4) is 0 Å². The van der Waals surface area contributed by atoms with E-state index in [1.54, 1.807) is 25.1 Å². The number of aromatic nitrogens is 1. The van der Waals surface area contributed by atoms with Gasteiger partial charge in [0.05, 0.1) is 5.56 Å². The molecule has 3 aromatic carbocycles. The fourth-order valence-electron chi connectivity index (χ4n) is 2.97. The van der Waals surface area contributed by atoms with Crippen LogP contribution in [0.4, 0.5) is 10.1 Å². The van der Waals surface area contributed by atoms with Crippen molar-refractivity contribution in [1.29, 1.82) is 0 Å². The van der Waals surface area contributed by atoms with Gasteiger partial charge in [0, 0.05) is 11.3 Å². The Labute approximate surface area is 176 Å². The molecule has 4 aromatic rings. The lowest BCUT2D eigenvalue weighted by atomic mass is 10.1. The number of hydrogen-bond acceptors (Lipinski definition) is 5. The number of aromatic hydroxyl groups is 1. The minimum Gasteiger partial charge on any atom is -0.507 e. The molecule has 0 bridgehead atoms. The predicted octanol–water partition coefficient (Wildman–Crippen LogP) is 4.77. The van der Waals surface area contributed by atoms with Crippen molar-refractivity contribution < 1.29 is 18.7 Å². The summed E-state index contributed by atoms with van der Waals surface area (Å²) < 4.78 is 19.1. The van der Waals surface area contributed by atoms with Crippen LogP contribution in [0.25, 0.3) is 22.6 Å². The van der Waals surface area contributed by atoms with Crippen molar-refractivity contribution in [3.8, 4) is 17.2 Å². The SMILES string of the molecule is Cc1cc(NC(=S)NC(=O)c2cccc(F)c2)cc(-c2nc3ccccc3o2)c1O. The topological polar surface area (TPSA) is 87.4 Å². The van der Waals surface area contributed by atoms with Crippen molar-refractivity contribution in [3.63, 3.8) is 0 Å². The van der Waals surface area contributed by atoms with Gasteiger partial charge in [0.15, 0.2) is 10.7 Å². The number of aryl methyl sites for hydroxylation is 1. The molecular formula is C22H16FN3O3S. The van der Waals surface area contributed by atoms with Crippen molar-refractivity contribution in [2.75, 3.05) is 5.32 Å². The first-order chi connectivity index (χ1) is 14.4. The van der Waals surface area contributed by atoms with E-state index in [-0.39, 0.29) is 22.3 Å². The Morgan fingerprint density at radius 2 is 1.93 bits per heavy atom. The molecule has 0 aliphatic rings. The molecule has 30 heavy (non-hydrogen) atoms. The average Bonchev–Trinajstić information content (AvgIpc) is 3.14. The van der Waals surface area contributed by atoms with Crippen LogP contribution >= 0.6 is 12.2 Å². The molecule has 1 amide bonds. The Morgan fingerprint density at radius 1 is 1.13 bits per heavy atom. The maximum atomic E-state index is 13.3. The lowest BCUT2D eigenvalue weighted by Gasteiger charge is -2.12. The van der Waals surface area contributed by atoms with Crippen molar-refractivity contribution in [2.24, 2.45) is 0 Å². The van der Waals surface area contributed by atoms with Crippen LogP contribution in [0.15, 0.2) is 65.1 Å². The van der Waals surface area contributed by atoms with Gasteiger partial charge in [0.2, 0.25) is 5.89 Å². The number of para-hydroxylation sites is 2. The largest absolute Gasteiger partial charge is 0.507 e. The second kappa shape index (κ2) is 7.92.